The molecule has 6 fully saturated rings. The molecule has 8 aliphatic rings. The van der Waals surface area contributed by atoms with E-state index in [4.69, 9.17) is 0 Å². The predicted octanol–water partition coefficient (Wildman–Crippen LogP) is 12.7. The van der Waals surface area contributed by atoms with Crippen molar-refractivity contribution in [2.24, 2.45) is 92.7 Å². The van der Waals surface area contributed by atoms with Gasteiger partial charge < -0.3 is 20.4 Å². The molecule has 6 saturated carbocycles. The predicted molar refractivity (Wildman–Crippen MR) is 241 cm³/mol. The fourth-order valence-electron chi connectivity index (χ4n) is 17.4. The van der Waals surface area contributed by atoms with Gasteiger partial charge in [0.05, 0.1) is 12.2 Å². The average molecular weight is 805 g/mol. The van der Waals surface area contributed by atoms with Gasteiger partial charge in [0.15, 0.2) is 0 Å². The van der Waals surface area contributed by atoms with Crippen LogP contribution in [0, 0.1) is 92.7 Å². The lowest BCUT2D eigenvalue weighted by atomic mass is 9.47. The first-order valence-corrected chi connectivity index (χ1v) is 25.6. The lowest BCUT2D eigenvalue weighted by molar-refractivity contribution is -0.0573. The van der Waals surface area contributed by atoms with Crippen molar-refractivity contribution in [1.82, 2.24) is 0 Å². The summed E-state index contributed by atoms with van der Waals surface area (Å²) in [7, 11) is 0. The van der Waals surface area contributed by atoms with E-state index in [0.29, 0.717) is 46.7 Å². The lowest BCUT2D eigenvalue weighted by Crippen LogP contribution is -2.50. The summed E-state index contributed by atoms with van der Waals surface area (Å²) in [4.78, 5) is 0. The van der Waals surface area contributed by atoms with Gasteiger partial charge in [-0.3, -0.25) is 0 Å². The fourth-order valence-corrected chi connectivity index (χ4v) is 17.4. The van der Waals surface area contributed by atoms with Crippen LogP contribution in [0.1, 0.15) is 197 Å². The van der Waals surface area contributed by atoms with Gasteiger partial charge in [0.2, 0.25) is 0 Å². The molecule has 18 atom stereocenters. The Hall–Kier alpha value is -0.680. The second kappa shape index (κ2) is 18.2. The summed E-state index contributed by atoms with van der Waals surface area (Å²) in [5.74, 6) is 9.63. The van der Waals surface area contributed by atoms with Gasteiger partial charge in [0.25, 0.3) is 0 Å². The molecule has 0 radical (unpaired) electrons. The second-order valence-corrected chi connectivity index (χ2v) is 24.2. The summed E-state index contributed by atoms with van der Waals surface area (Å²) in [6.07, 6.45) is 32.8. The minimum Gasteiger partial charge on any atom is -0.396 e. The molecule has 8 rings (SSSR count). The van der Waals surface area contributed by atoms with E-state index in [0.717, 1.165) is 84.9 Å². The van der Waals surface area contributed by atoms with Crippen LogP contribution in [0.5, 0.6) is 0 Å². The second-order valence-electron chi connectivity index (χ2n) is 24.2. The zero-order chi connectivity index (χ0) is 41.6. The van der Waals surface area contributed by atoms with Gasteiger partial charge in [-0.05, 0) is 208 Å². The Balaban J connectivity index is 0.000000177. The molecule has 332 valence electrons. The molecule has 58 heavy (non-hydrogen) atoms. The minimum atomic E-state index is -0.0926. The Morgan fingerprint density at radius 2 is 0.914 bits per heavy atom. The standard InChI is InChI=1S/2C27H46O2/c2*1-18(17-28)6-5-7-19(2)23-10-11-24-22-9-8-20-16-21(29)12-14-26(20,3)25(22)13-15-27(23,24)4/h2*8,18-19,21-25,28-29H,5-7,9-17H2,1-4H3/t2*18?,19-,21+,22+,23-,24+,25+,26+,27-/m11/s1. The summed E-state index contributed by atoms with van der Waals surface area (Å²) in [6, 6.07) is 0. The highest BCUT2D eigenvalue weighted by Gasteiger charge is 2.60. The molecule has 0 aromatic rings. The third kappa shape index (κ3) is 8.41. The molecule has 8 aliphatic carbocycles. The number of hydrogen-bond acceptors (Lipinski definition) is 4. The van der Waals surface area contributed by atoms with E-state index < -0.39 is 0 Å². The molecule has 0 heterocycles. The van der Waals surface area contributed by atoms with E-state index in [9.17, 15) is 20.4 Å². The van der Waals surface area contributed by atoms with Crippen molar-refractivity contribution in [3.8, 4) is 0 Å². The number of aliphatic hydroxyl groups excluding tert-OH is 4. The van der Waals surface area contributed by atoms with Gasteiger partial charge >= 0.3 is 0 Å². The number of aliphatic hydroxyl groups is 4. The average Bonchev–Trinajstić information content (AvgIpc) is 3.75. The zero-order valence-electron chi connectivity index (χ0n) is 39.0. The molecule has 0 aromatic heterocycles. The van der Waals surface area contributed by atoms with Gasteiger partial charge in [-0.2, -0.15) is 0 Å². The normalized spacial score (nSPS) is 46.3. The number of fused-ring (bicyclic) bond motifs is 10. The minimum absolute atomic E-state index is 0.0926. The van der Waals surface area contributed by atoms with Crippen molar-refractivity contribution in [3.63, 3.8) is 0 Å². The third-order valence-electron chi connectivity index (χ3n) is 21.0. The first kappa shape index (κ1) is 45.3. The summed E-state index contributed by atoms with van der Waals surface area (Å²) in [5, 5.41) is 39.1. The first-order valence-electron chi connectivity index (χ1n) is 25.6. The van der Waals surface area contributed by atoms with Crippen LogP contribution in [-0.2, 0) is 0 Å². The van der Waals surface area contributed by atoms with Gasteiger partial charge in [0, 0.05) is 13.2 Å². The first-order chi connectivity index (χ1) is 27.6. The van der Waals surface area contributed by atoms with Gasteiger partial charge in [0.1, 0.15) is 0 Å². The summed E-state index contributed by atoms with van der Waals surface area (Å²) >= 11 is 0. The topological polar surface area (TPSA) is 80.9 Å². The van der Waals surface area contributed by atoms with E-state index in [-0.39, 0.29) is 12.2 Å². The maximum absolute atomic E-state index is 10.2. The van der Waals surface area contributed by atoms with Crippen molar-refractivity contribution in [2.45, 2.75) is 209 Å². The highest BCUT2D eigenvalue weighted by atomic mass is 16.3. The SMILES string of the molecule is CC(CO)CCC[C@@H](C)[C@H]1CC[C@H]2[C@@H]3CC=C4C[C@@H](O)CC[C@]4(C)[C@H]3CC[C@]12C.CC(CO)CCC[C@@H](C)[C@H]1CC[C@H]2[C@@H]3CC=C4C[C@@H](O)CC[C@]4(C)[C@H]3CC[C@]12C. The zero-order valence-corrected chi connectivity index (χ0v) is 39.0. The van der Waals surface area contributed by atoms with Crippen LogP contribution >= 0.6 is 0 Å². The van der Waals surface area contributed by atoms with Crippen LogP contribution in [0.3, 0.4) is 0 Å². The smallest absolute Gasteiger partial charge is 0.0577 e. The van der Waals surface area contributed by atoms with Crippen LogP contribution in [0.2, 0.25) is 0 Å². The summed E-state index contributed by atoms with van der Waals surface area (Å²) in [5.41, 5.74) is 5.02. The van der Waals surface area contributed by atoms with E-state index in [1.807, 2.05) is 0 Å². The monoisotopic (exact) mass is 805 g/mol. The molecule has 2 unspecified atom stereocenters. The molecule has 4 N–H and O–H groups in total. The molecule has 0 saturated heterocycles. The van der Waals surface area contributed by atoms with Crippen molar-refractivity contribution >= 4 is 0 Å². The van der Waals surface area contributed by atoms with Crippen LogP contribution in [0.15, 0.2) is 23.3 Å². The molecule has 0 amide bonds. The summed E-state index contributed by atoms with van der Waals surface area (Å²) < 4.78 is 0. The highest BCUT2D eigenvalue weighted by molar-refractivity contribution is 5.27. The Kier molecular flexibility index (Phi) is 14.2. The third-order valence-corrected chi connectivity index (χ3v) is 21.0. The number of hydrogen-bond donors (Lipinski definition) is 4. The Labute approximate surface area is 357 Å². The molecule has 0 bridgehead atoms. The van der Waals surface area contributed by atoms with E-state index in [2.05, 4.69) is 67.5 Å². The molecule has 4 nitrogen and oxygen atoms in total. The van der Waals surface area contributed by atoms with Crippen LogP contribution < -0.4 is 0 Å². The van der Waals surface area contributed by atoms with Crippen molar-refractivity contribution in [1.29, 1.82) is 0 Å². The molecule has 0 aliphatic heterocycles. The Morgan fingerprint density at radius 3 is 1.29 bits per heavy atom. The van der Waals surface area contributed by atoms with E-state index in [1.54, 1.807) is 11.1 Å². The van der Waals surface area contributed by atoms with Gasteiger partial charge in [-0.15, -0.1) is 0 Å². The van der Waals surface area contributed by atoms with Gasteiger partial charge in [-0.25, -0.2) is 0 Å². The maximum atomic E-state index is 10.2. The number of allylic oxidation sites excluding steroid dienone is 2. The molecule has 4 heteroatoms. The molecule has 0 spiro atoms. The fraction of sp³-hybridized carbons (Fsp3) is 0.926. The van der Waals surface area contributed by atoms with Crippen LogP contribution in [-0.4, -0.2) is 45.8 Å². The molecule has 0 aromatic carbocycles. The quantitative estimate of drug-likeness (QED) is 0.148. The van der Waals surface area contributed by atoms with Gasteiger partial charge in [-0.1, -0.05) is 104 Å². The highest BCUT2D eigenvalue weighted by Crippen LogP contribution is 2.69. The Morgan fingerprint density at radius 1 is 0.517 bits per heavy atom. The lowest BCUT2D eigenvalue weighted by Gasteiger charge is -2.58. The van der Waals surface area contributed by atoms with Crippen molar-refractivity contribution in [2.75, 3.05) is 13.2 Å². The maximum Gasteiger partial charge on any atom is 0.0577 e. The molecular weight excluding hydrogens is 713 g/mol. The largest absolute Gasteiger partial charge is 0.396 e. The van der Waals surface area contributed by atoms with Crippen LogP contribution in [0.25, 0.3) is 0 Å². The van der Waals surface area contributed by atoms with Crippen molar-refractivity contribution < 1.29 is 20.4 Å². The van der Waals surface area contributed by atoms with Crippen molar-refractivity contribution in [3.05, 3.63) is 23.3 Å². The van der Waals surface area contributed by atoms with Crippen LogP contribution in [0.4, 0.5) is 0 Å². The Bertz CT molecular complexity index is 1330. The number of rotatable bonds is 12. The van der Waals surface area contributed by atoms with E-state index >= 15 is 0 Å². The molecular formula is C54H92O4. The summed E-state index contributed by atoms with van der Waals surface area (Å²) in [6.45, 7) is 20.5. The van der Waals surface area contributed by atoms with E-state index in [1.165, 1.54) is 116 Å².